The normalized spacial score (nSPS) is 17.0. The van der Waals surface area contributed by atoms with Crippen LogP contribution in [-0.2, 0) is 30.4 Å². The van der Waals surface area contributed by atoms with Gasteiger partial charge in [0.25, 0.3) is 23.6 Å². The summed E-state index contributed by atoms with van der Waals surface area (Å²) in [6.45, 7) is 3.12. The van der Waals surface area contributed by atoms with Gasteiger partial charge < -0.3 is 11.1 Å². The molecule has 19 heteroatoms. The number of unbranched alkanes of at least 4 members (excludes halogenated alkanes) is 12. The monoisotopic (exact) mass is 1110 g/mol. The van der Waals surface area contributed by atoms with Crippen LogP contribution in [0.4, 0.5) is 13.2 Å². The molecule has 4 aliphatic heterocycles. The van der Waals surface area contributed by atoms with Crippen LogP contribution < -0.4 is 21.7 Å². The summed E-state index contributed by atoms with van der Waals surface area (Å²) < 4.78 is 37.1. The molecular weight excluding hydrogens is 1040 g/mol. The van der Waals surface area contributed by atoms with E-state index in [1.165, 1.54) is 44.9 Å². The molecule has 0 aliphatic carbocycles. The van der Waals surface area contributed by atoms with Crippen LogP contribution in [0.2, 0.25) is 0 Å². The first kappa shape index (κ1) is 61.2. The van der Waals surface area contributed by atoms with E-state index in [0.29, 0.717) is 56.8 Å². The number of benzene rings is 4. The summed E-state index contributed by atoms with van der Waals surface area (Å²) in [6, 6.07) is 15.8. The summed E-state index contributed by atoms with van der Waals surface area (Å²) in [7, 11) is 0. The highest BCUT2D eigenvalue weighted by atomic mass is 79.9. The molecule has 4 heterocycles. The van der Waals surface area contributed by atoms with E-state index in [2.05, 4.69) is 33.5 Å². The third-order valence-corrected chi connectivity index (χ3v) is 14.1. The van der Waals surface area contributed by atoms with E-state index >= 15 is 0 Å². The number of carbonyl (C=O) groups excluding carboxylic acids is 9. The molecule has 75 heavy (non-hydrogen) atoms. The van der Waals surface area contributed by atoms with Gasteiger partial charge in [0.2, 0.25) is 23.6 Å². The lowest BCUT2D eigenvalue weighted by atomic mass is 9.87. The number of imide groups is 4. The number of nitrogens with zero attached hydrogens (tertiary/aromatic N) is 2. The van der Waals surface area contributed by atoms with Gasteiger partial charge in [0.1, 0.15) is 12.1 Å². The lowest BCUT2D eigenvalue weighted by Gasteiger charge is -2.35. The lowest BCUT2D eigenvalue weighted by Crippen LogP contribution is -2.57. The summed E-state index contributed by atoms with van der Waals surface area (Å²) in [5, 5.41) is 9.02. The Bertz CT molecular complexity index is 2760. The van der Waals surface area contributed by atoms with Crippen molar-refractivity contribution in [2.45, 2.75) is 162 Å². The van der Waals surface area contributed by atoms with E-state index in [1.54, 1.807) is 30.3 Å². The highest BCUT2D eigenvalue weighted by Gasteiger charge is 2.45. The first-order chi connectivity index (χ1) is 35.0. The molecule has 0 radical (unpaired) electrons. The number of halogens is 4. The quantitative estimate of drug-likeness (QED) is 0.0514. The highest BCUT2D eigenvalue weighted by Crippen LogP contribution is 2.37. The Hall–Kier alpha value is -6.34. The van der Waals surface area contributed by atoms with Crippen LogP contribution in [0.25, 0.3) is 21.5 Å². The number of rotatable bonds is 19. The molecule has 5 N–H and O–H groups in total. The van der Waals surface area contributed by atoms with E-state index in [1.807, 2.05) is 35.6 Å². The van der Waals surface area contributed by atoms with E-state index < -0.39 is 71.4 Å². The van der Waals surface area contributed by atoms with Crippen molar-refractivity contribution >= 4 is 90.6 Å². The molecule has 406 valence electrons. The Labute approximate surface area is 444 Å². The van der Waals surface area contributed by atoms with E-state index in [4.69, 9.17) is 5.73 Å². The Morgan fingerprint density at radius 2 is 1.07 bits per heavy atom. The molecule has 0 bridgehead atoms. The van der Waals surface area contributed by atoms with Crippen molar-refractivity contribution < 1.29 is 56.3 Å². The molecule has 0 saturated carbocycles. The summed E-state index contributed by atoms with van der Waals surface area (Å²) in [6.07, 6.45) is 11.2. The van der Waals surface area contributed by atoms with E-state index in [0.717, 1.165) is 64.8 Å². The number of hydrogen-bond donors (Lipinski definition) is 4. The molecule has 2 atom stereocenters. The number of carbonyl (C=O) groups is 9. The Morgan fingerprint density at radius 1 is 0.613 bits per heavy atom. The Kier molecular flexibility index (Phi) is 23.3. The molecule has 0 aromatic heterocycles. The van der Waals surface area contributed by atoms with Crippen LogP contribution in [0.3, 0.4) is 0 Å². The zero-order valence-electron chi connectivity index (χ0n) is 40.9. The van der Waals surface area contributed by atoms with Crippen molar-refractivity contribution in [3.8, 4) is 0 Å². The minimum atomic E-state index is -4.85. The molecule has 0 spiro atoms. The van der Waals surface area contributed by atoms with Gasteiger partial charge in [-0.25, -0.2) is 0 Å². The standard InChI is InChI=1S/C28H30F3N3O5.C17H11BrN2O4.C9H21N.2CH4/c29-28(30,31)27(39)32-16-7-5-3-1-2-4-6-9-18-13-12-17-10-8-11-19-22(17)23(18)26(38)34(25(19)37)20-14-15-21(35)33-24(20)36;18-10-5-4-8-2-1-3-9-13(8)14(10)17(24)20(16(9)23)11-6-7-12(21)19-15(11)22;1-2-3-4-5-6-7-8-9-10;;/h8,10-13,20H,1-7,9,14-16H2,(H,32,39)(H,33,35,36);1-5,11H,6-7H2,(H,19,21,22);2-10H2,1H3;2*1H4. The molecule has 9 amide bonds. The first-order valence-corrected chi connectivity index (χ1v) is 26.0. The van der Waals surface area contributed by atoms with Gasteiger partial charge in [-0.1, -0.05) is 135 Å². The van der Waals surface area contributed by atoms with Gasteiger partial charge in [-0.05, 0) is 95.5 Å². The van der Waals surface area contributed by atoms with Crippen molar-refractivity contribution in [1.29, 1.82) is 0 Å². The maximum absolute atomic E-state index is 13.7. The maximum atomic E-state index is 13.7. The molecule has 2 fully saturated rings. The summed E-state index contributed by atoms with van der Waals surface area (Å²) in [4.78, 5) is 113. The number of aryl methyl sites for hydroxylation is 1. The van der Waals surface area contributed by atoms with Crippen LogP contribution in [0, 0.1) is 0 Å². The van der Waals surface area contributed by atoms with Gasteiger partial charge >= 0.3 is 12.1 Å². The van der Waals surface area contributed by atoms with Crippen molar-refractivity contribution in [3.63, 3.8) is 0 Å². The number of piperidine rings is 2. The fourth-order valence-electron chi connectivity index (χ4n) is 9.63. The van der Waals surface area contributed by atoms with Crippen molar-refractivity contribution in [2.75, 3.05) is 13.1 Å². The number of hydrogen-bond acceptors (Lipinski definition) is 10. The molecule has 2 unspecified atom stereocenters. The fourth-order valence-corrected chi connectivity index (χ4v) is 10.1. The maximum Gasteiger partial charge on any atom is 0.471 e. The average Bonchev–Trinajstić information content (AvgIpc) is 3.35. The SMILES string of the molecule is C.C.CCCCCCCCCN.O=C1CCC(N2C(=O)c3cccc4ccc(Br)c(c34)C2=O)C(=O)N1.O=C1CCC(N2C(=O)c3cccc4ccc(CCCCCCCCCNC(=O)C(F)(F)F)c(c34)C2=O)C(=O)N1. The smallest absolute Gasteiger partial charge is 0.348 e. The summed E-state index contributed by atoms with van der Waals surface area (Å²) in [5.41, 5.74) is 7.70. The third-order valence-electron chi connectivity index (χ3n) is 13.4. The zero-order chi connectivity index (χ0) is 52.8. The molecular formula is C56H70BrF3N6O9. The molecule has 4 aliphatic rings. The second-order valence-electron chi connectivity index (χ2n) is 18.6. The van der Waals surface area contributed by atoms with Gasteiger partial charge in [-0.3, -0.25) is 63.6 Å². The van der Waals surface area contributed by atoms with Crippen molar-refractivity contribution in [3.05, 3.63) is 93.0 Å². The Morgan fingerprint density at radius 3 is 1.56 bits per heavy atom. The number of alkyl halides is 3. The fraction of sp³-hybridized carbons (Fsp3) is 0.482. The summed E-state index contributed by atoms with van der Waals surface area (Å²) in [5.74, 6) is -6.09. The van der Waals surface area contributed by atoms with Crippen LogP contribution in [-0.4, -0.2) is 94.3 Å². The zero-order valence-corrected chi connectivity index (χ0v) is 42.5. The van der Waals surface area contributed by atoms with Crippen LogP contribution in [0.5, 0.6) is 0 Å². The predicted octanol–water partition coefficient (Wildman–Crippen LogP) is 10.2. The predicted molar refractivity (Wildman–Crippen MR) is 285 cm³/mol. The number of amides is 9. The van der Waals surface area contributed by atoms with Gasteiger partial charge in [0.15, 0.2) is 0 Å². The molecule has 4 aromatic carbocycles. The summed E-state index contributed by atoms with van der Waals surface area (Å²) >= 11 is 3.37. The molecule has 15 nitrogen and oxygen atoms in total. The minimum Gasteiger partial charge on any atom is -0.348 e. The third kappa shape index (κ3) is 15.0. The van der Waals surface area contributed by atoms with Gasteiger partial charge in [0, 0.05) is 45.8 Å². The minimum absolute atomic E-state index is 0. The van der Waals surface area contributed by atoms with Crippen LogP contribution in [0.1, 0.15) is 184 Å². The largest absolute Gasteiger partial charge is 0.471 e. The topological polar surface area (TPSA) is 222 Å². The van der Waals surface area contributed by atoms with Gasteiger partial charge in [-0.15, -0.1) is 0 Å². The number of nitrogens with two attached hydrogens (primary N) is 1. The molecule has 4 aromatic rings. The van der Waals surface area contributed by atoms with Crippen molar-refractivity contribution in [2.24, 2.45) is 5.73 Å². The van der Waals surface area contributed by atoms with E-state index in [-0.39, 0.29) is 47.1 Å². The van der Waals surface area contributed by atoms with Gasteiger partial charge in [-0.2, -0.15) is 13.2 Å². The lowest BCUT2D eigenvalue weighted by molar-refractivity contribution is -0.173. The van der Waals surface area contributed by atoms with Gasteiger partial charge in [0.05, 0.1) is 11.1 Å². The first-order valence-electron chi connectivity index (χ1n) is 25.2. The molecule has 2 saturated heterocycles. The second-order valence-corrected chi connectivity index (χ2v) is 19.5. The number of nitrogens with one attached hydrogen (secondary N) is 3. The van der Waals surface area contributed by atoms with Crippen molar-refractivity contribution in [1.82, 2.24) is 25.8 Å². The average molecular weight is 1110 g/mol. The molecule has 8 rings (SSSR count). The highest BCUT2D eigenvalue weighted by molar-refractivity contribution is 9.10. The Balaban J connectivity index is 0.000000286. The van der Waals surface area contributed by atoms with Crippen LogP contribution >= 0.6 is 15.9 Å². The second kappa shape index (κ2) is 28.5. The van der Waals surface area contributed by atoms with E-state index in [9.17, 15) is 56.3 Å². The van der Waals surface area contributed by atoms with Crippen LogP contribution in [0.15, 0.2) is 65.1 Å².